The van der Waals surface area contributed by atoms with Gasteiger partial charge in [0.05, 0.1) is 18.4 Å². The maximum absolute atomic E-state index is 13.8. The van der Waals surface area contributed by atoms with Crippen LogP contribution in [-0.4, -0.2) is 42.6 Å². The van der Waals surface area contributed by atoms with Gasteiger partial charge in [0.15, 0.2) is 5.65 Å². The van der Waals surface area contributed by atoms with E-state index in [0.29, 0.717) is 41.4 Å². The van der Waals surface area contributed by atoms with Crippen LogP contribution in [0.25, 0.3) is 5.65 Å². The molecule has 2 N–H and O–H groups in total. The molecule has 10 heteroatoms. The summed E-state index contributed by atoms with van der Waals surface area (Å²) in [5.41, 5.74) is 1.36. The van der Waals surface area contributed by atoms with Crippen molar-refractivity contribution >= 4 is 17.5 Å². The summed E-state index contributed by atoms with van der Waals surface area (Å²) in [4.78, 5) is 25.3. The first-order valence-corrected chi connectivity index (χ1v) is 8.66. The predicted molar refractivity (Wildman–Crippen MR) is 91.9 cm³/mol. The molecule has 0 aromatic carbocycles. The Kier molecular flexibility index (Phi) is 3.46. The average Bonchev–Trinajstić information content (AvgIpc) is 3.03. The van der Waals surface area contributed by atoms with E-state index in [9.17, 15) is 9.18 Å². The summed E-state index contributed by atoms with van der Waals surface area (Å²) in [6.07, 6.45) is 5.31. The Labute approximate surface area is 153 Å². The zero-order valence-electron chi connectivity index (χ0n) is 14.4. The molecule has 3 aromatic rings. The van der Waals surface area contributed by atoms with Crippen molar-refractivity contribution in [2.24, 2.45) is 0 Å². The van der Waals surface area contributed by atoms with E-state index in [4.69, 9.17) is 4.74 Å². The van der Waals surface area contributed by atoms with Crippen molar-refractivity contribution in [3.8, 4) is 5.88 Å². The van der Waals surface area contributed by atoms with Gasteiger partial charge in [-0.25, -0.2) is 18.9 Å². The van der Waals surface area contributed by atoms with E-state index in [-0.39, 0.29) is 24.1 Å². The van der Waals surface area contributed by atoms with Crippen LogP contribution < -0.4 is 15.4 Å². The van der Waals surface area contributed by atoms with Crippen molar-refractivity contribution in [3.05, 3.63) is 41.7 Å². The van der Waals surface area contributed by atoms with Crippen LogP contribution in [0.5, 0.6) is 5.88 Å². The van der Waals surface area contributed by atoms with E-state index in [0.717, 1.165) is 6.20 Å². The minimum atomic E-state index is -0.444. The van der Waals surface area contributed by atoms with Crippen molar-refractivity contribution < 1.29 is 13.9 Å². The molecule has 1 saturated carbocycles. The first-order valence-electron chi connectivity index (χ1n) is 8.66. The van der Waals surface area contributed by atoms with Crippen LogP contribution in [0, 0.1) is 5.82 Å². The minimum absolute atomic E-state index is 0.00106. The van der Waals surface area contributed by atoms with Gasteiger partial charge < -0.3 is 15.4 Å². The van der Waals surface area contributed by atoms with Gasteiger partial charge in [0.1, 0.15) is 23.8 Å². The van der Waals surface area contributed by atoms with E-state index < -0.39 is 5.82 Å². The highest BCUT2D eigenvalue weighted by Crippen LogP contribution is 2.31. The Morgan fingerprint density at radius 1 is 1.26 bits per heavy atom. The van der Waals surface area contributed by atoms with E-state index in [1.165, 1.54) is 23.1 Å². The minimum Gasteiger partial charge on any atom is -0.474 e. The number of ether oxygens (including phenoxy) is 1. The van der Waals surface area contributed by atoms with Crippen LogP contribution >= 0.6 is 0 Å². The van der Waals surface area contributed by atoms with Crippen LogP contribution in [0.2, 0.25) is 0 Å². The fraction of sp³-hybridized carbons (Fsp3) is 0.353. The van der Waals surface area contributed by atoms with Crippen molar-refractivity contribution in [1.29, 1.82) is 0 Å². The molecule has 1 aliphatic carbocycles. The lowest BCUT2D eigenvalue weighted by Crippen LogP contribution is -2.49. The third-order valence-corrected chi connectivity index (χ3v) is 4.88. The molecule has 138 valence electrons. The number of amides is 1. The molecule has 0 unspecified atom stereocenters. The van der Waals surface area contributed by atoms with Gasteiger partial charge in [-0.1, -0.05) is 0 Å². The van der Waals surface area contributed by atoms with Gasteiger partial charge in [-0.2, -0.15) is 10.1 Å². The fourth-order valence-corrected chi connectivity index (χ4v) is 3.34. The van der Waals surface area contributed by atoms with Crippen LogP contribution in [0.15, 0.2) is 24.8 Å². The number of carbonyl (C=O) groups excluding carboxylic acids is 1. The lowest BCUT2D eigenvalue weighted by atomic mass is 9.89. The normalized spacial score (nSPS) is 24.2. The molecule has 1 atom stereocenters. The van der Waals surface area contributed by atoms with Gasteiger partial charge in [-0.15, -0.1) is 0 Å². The lowest BCUT2D eigenvalue weighted by molar-refractivity contribution is 0.0671. The zero-order chi connectivity index (χ0) is 18.5. The topological polar surface area (TPSA) is 106 Å². The molecule has 1 amide bonds. The zero-order valence-corrected chi connectivity index (χ0v) is 14.4. The molecule has 2 aliphatic heterocycles. The highest BCUT2D eigenvalue weighted by molar-refractivity contribution is 5.99. The van der Waals surface area contributed by atoms with Crippen LogP contribution in [0.4, 0.5) is 10.3 Å². The number of pyridine rings is 1. The fourth-order valence-electron chi connectivity index (χ4n) is 3.34. The molecule has 9 nitrogen and oxygen atoms in total. The molecular formula is C17H16FN7O2. The molecular weight excluding hydrogens is 353 g/mol. The van der Waals surface area contributed by atoms with E-state index in [1.54, 1.807) is 0 Å². The molecule has 3 aliphatic rings. The number of halogens is 1. The summed E-state index contributed by atoms with van der Waals surface area (Å²) >= 11 is 0. The molecule has 4 bridgehead atoms. The number of hydrogen-bond acceptors (Lipinski definition) is 7. The highest BCUT2D eigenvalue weighted by Gasteiger charge is 2.34. The third kappa shape index (κ3) is 2.73. The van der Waals surface area contributed by atoms with Crippen molar-refractivity contribution in [3.63, 3.8) is 0 Å². The molecule has 5 heterocycles. The van der Waals surface area contributed by atoms with Crippen LogP contribution in [-0.2, 0) is 0 Å². The van der Waals surface area contributed by atoms with Gasteiger partial charge in [0.25, 0.3) is 5.91 Å². The standard InChI is InChI=1S/C17H16FN7O2/c1-8-12-2-9(18)5-19-16(12)27-11-3-10(4-11)23-15(26)13-6-21-25-7-20-17(22-8)24-14(13)25/h2,5-8,10-11H,3-4H2,1H3,(H,22,24)(H,23,26)/t8-,10-,11-/m1/s1. The second kappa shape index (κ2) is 5.86. The second-order valence-corrected chi connectivity index (χ2v) is 6.80. The molecule has 0 spiro atoms. The predicted octanol–water partition coefficient (Wildman–Crippen LogP) is 1.48. The lowest BCUT2D eigenvalue weighted by Gasteiger charge is -2.36. The Morgan fingerprint density at radius 3 is 2.96 bits per heavy atom. The third-order valence-electron chi connectivity index (χ3n) is 4.88. The van der Waals surface area contributed by atoms with Crippen molar-refractivity contribution in [2.75, 3.05) is 5.32 Å². The number of carbonyl (C=O) groups is 1. The van der Waals surface area contributed by atoms with Crippen LogP contribution in [0.3, 0.4) is 0 Å². The number of fused-ring (bicyclic) bond motifs is 2. The number of nitrogens with zero attached hydrogens (tertiary/aromatic N) is 5. The van der Waals surface area contributed by atoms with E-state index in [1.807, 2.05) is 6.92 Å². The Balaban J connectivity index is 1.60. The summed E-state index contributed by atoms with van der Waals surface area (Å²) in [6, 6.07) is 1.04. The number of rotatable bonds is 0. The molecule has 1 fully saturated rings. The van der Waals surface area contributed by atoms with E-state index >= 15 is 0 Å². The summed E-state index contributed by atoms with van der Waals surface area (Å²) < 4.78 is 21.2. The smallest absolute Gasteiger partial charge is 0.256 e. The average molecular weight is 369 g/mol. The van der Waals surface area contributed by atoms with Crippen molar-refractivity contribution in [2.45, 2.75) is 38.0 Å². The van der Waals surface area contributed by atoms with Gasteiger partial charge in [0, 0.05) is 24.4 Å². The van der Waals surface area contributed by atoms with Gasteiger partial charge in [-0.3, -0.25) is 4.79 Å². The Morgan fingerprint density at radius 2 is 2.11 bits per heavy atom. The molecule has 27 heavy (non-hydrogen) atoms. The quantitative estimate of drug-likeness (QED) is 0.618. The highest BCUT2D eigenvalue weighted by atomic mass is 19.1. The monoisotopic (exact) mass is 369 g/mol. The van der Waals surface area contributed by atoms with Gasteiger partial charge >= 0.3 is 0 Å². The maximum atomic E-state index is 13.8. The number of aromatic nitrogens is 5. The van der Waals surface area contributed by atoms with Crippen molar-refractivity contribution in [1.82, 2.24) is 29.9 Å². The SMILES string of the molecule is C[C@H]1Nc2ncn3ncc(c3n2)C(=O)N[C@H]2C[C@@H](C2)Oc2ncc(F)cc21. The maximum Gasteiger partial charge on any atom is 0.256 e. The Bertz CT molecular complexity index is 1050. The molecule has 0 radical (unpaired) electrons. The Hall–Kier alpha value is -3.30. The second-order valence-electron chi connectivity index (χ2n) is 6.80. The summed E-state index contributed by atoms with van der Waals surface area (Å²) in [7, 11) is 0. The van der Waals surface area contributed by atoms with Crippen LogP contribution in [0.1, 0.15) is 41.7 Å². The van der Waals surface area contributed by atoms with Gasteiger partial charge in [-0.05, 0) is 13.0 Å². The number of anilines is 1. The largest absolute Gasteiger partial charge is 0.474 e. The van der Waals surface area contributed by atoms with E-state index in [2.05, 4.69) is 30.7 Å². The molecule has 6 rings (SSSR count). The summed E-state index contributed by atoms with van der Waals surface area (Å²) in [5.74, 6) is -0.0135. The summed E-state index contributed by atoms with van der Waals surface area (Å²) in [5, 5.41) is 10.2. The first kappa shape index (κ1) is 15.9. The van der Waals surface area contributed by atoms with Gasteiger partial charge in [0.2, 0.25) is 11.8 Å². The number of hydrogen-bond donors (Lipinski definition) is 2. The molecule has 0 saturated heterocycles. The first-order chi connectivity index (χ1) is 13.1. The summed E-state index contributed by atoms with van der Waals surface area (Å²) in [6.45, 7) is 1.84. The molecule has 3 aromatic heterocycles. The number of nitrogens with one attached hydrogen (secondary N) is 2.